The third kappa shape index (κ3) is 3.07. The van der Waals surface area contributed by atoms with E-state index in [1.807, 2.05) is 0 Å². The van der Waals surface area contributed by atoms with Gasteiger partial charge in [0.15, 0.2) is 0 Å². The number of pyridine rings is 1. The molecule has 0 spiro atoms. The summed E-state index contributed by atoms with van der Waals surface area (Å²) in [5, 5.41) is 29.9. The van der Waals surface area contributed by atoms with E-state index in [0.717, 1.165) is 12.1 Å². The van der Waals surface area contributed by atoms with E-state index < -0.39 is 16.4 Å². The van der Waals surface area contributed by atoms with Gasteiger partial charge in [-0.1, -0.05) is 0 Å². The molecule has 2 N–H and O–H groups in total. The van der Waals surface area contributed by atoms with Crippen LogP contribution in [0.1, 0.15) is 16.8 Å². The zero-order valence-electron chi connectivity index (χ0n) is 11.5. The van der Waals surface area contributed by atoms with Crippen LogP contribution in [0.4, 0.5) is 15.8 Å². The summed E-state index contributed by atoms with van der Waals surface area (Å²) >= 11 is 0. The number of nitro groups is 1. The van der Waals surface area contributed by atoms with E-state index in [1.165, 1.54) is 18.5 Å². The van der Waals surface area contributed by atoms with Crippen LogP contribution in [0.5, 0.6) is 5.75 Å². The van der Waals surface area contributed by atoms with E-state index in [-0.39, 0.29) is 23.6 Å². The Morgan fingerprint density at radius 3 is 2.86 bits per heavy atom. The molecule has 0 saturated carbocycles. The zero-order chi connectivity index (χ0) is 16.3. The summed E-state index contributed by atoms with van der Waals surface area (Å²) in [6.07, 6.45) is 2.63. The molecular weight excluding hydrogens is 293 g/mol. The molecule has 1 aromatic carbocycles. The van der Waals surface area contributed by atoms with E-state index in [2.05, 4.69) is 9.98 Å². The largest absolute Gasteiger partial charge is 0.505 e. The highest BCUT2D eigenvalue weighted by Crippen LogP contribution is 2.26. The van der Waals surface area contributed by atoms with Crippen molar-refractivity contribution in [2.45, 2.75) is 13.5 Å². The highest BCUT2D eigenvalue weighted by Gasteiger charge is 2.14. The molecule has 0 aliphatic heterocycles. The number of aromatic nitrogens is 1. The van der Waals surface area contributed by atoms with Gasteiger partial charge in [0.25, 0.3) is 0 Å². The second kappa shape index (κ2) is 6.27. The van der Waals surface area contributed by atoms with Crippen molar-refractivity contribution in [2.75, 3.05) is 0 Å². The lowest BCUT2D eigenvalue weighted by molar-refractivity contribution is -0.387. The highest BCUT2D eigenvalue weighted by molar-refractivity contribution is 5.87. The van der Waals surface area contributed by atoms with Gasteiger partial charge in [-0.2, -0.15) is 4.39 Å². The molecule has 1 heterocycles. The van der Waals surface area contributed by atoms with Crippen molar-refractivity contribution in [1.29, 1.82) is 0 Å². The first-order valence-electron chi connectivity index (χ1n) is 6.20. The number of hydrogen-bond acceptors (Lipinski definition) is 6. The Morgan fingerprint density at radius 1 is 1.50 bits per heavy atom. The zero-order valence-corrected chi connectivity index (χ0v) is 11.5. The van der Waals surface area contributed by atoms with Gasteiger partial charge in [-0.3, -0.25) is 20.1 Å². The summed E-state index contributed by atoms with van der Waals surface area (Å²) in [6.45, 7) is 1.22. The number of aliphatic hydroxyl groups excluding tert-OH is 1. The molecule has 0 saturated heterocycles. The topological polar surface area (TPSA) is 109 Å². The van der Waals surface area contributed by atoms with Crippen LogP contribution in [0.15, 0.2) is 29.4 Å². The Bertz CT molecular complexity index is 762. The minimum atomic E-state index is -0.956. The van der Waals surface area contributed by atoms with Crippen molar-refractivity contribution in [1.82, 2.24) is 4.98 Å². The van der Waals surface area contributed by atoms with Crippen LogP contribution in [-0.2, 0) is 6.61 Å². The SMILES string of the molecule is Cc1ncc(CO)c(C=Nc2ccc(F)c([N+](=O)[O-])c2)c1O. The lowest BCUT2D eigenvalue weighted by Crippen LogP contribution is -1.97. The van der Waals surface area contributed by atoms with Gasteiger partial charge in [-0.25, -0.2) is 0 Å². The molecule has 114 valence electrons. The summed E-state index contributed by atoms with van der Waals surface area (Å²) in [5.41, 5.74) is 0.409. The molecule has 1 aromatic heterocycles. The standard InChI is InChI=1S/C14H12FN3O4/c1-8-14(20)11(9(7-19)5-16-8)6-17-10-2-3-12(15)13(4-10)18(21)22/h2-6,19-20H,7H2,1H3. The maximum absolute atomic E-state index is 13.2. The van der Waals surface area contributed by atoms with Crippen LogP contribution in [0.3, 0.4) is 0 Å². The normalized spacial score (nSPS) is 11.0. The fraction of sp³-hybridized carbons (Fsp3) is 0.143. The fourth-order valence-electron chi connectivity index (χ4n) is 1.78. The summed E-state index contributed by atoms with van der Waals surface area (Å²) in [6, 6.07) is 3.19. The minimum Gasteiger partial charge on any atom is -0.505 e. The molecule has 0 atom stereocenters. The monoisotopic (exact) mass is 305 g/mol. The van der Waals surface area contributed by atoms with E-state index in [1.54, 1.807) is 6.92 Å². The molecule has 0 aliphatic carbocycles. The predicted molar refractivity (Wildman–Crippen MR) is 76.9 cm³/mol. The first-order valence-corrected chi connectivity index (χ1v) is 6.20. The van der Waals surface area contributed by atoms with Crippen molar-refractivity contribution >= 4 is 17.6 Å². The molecule has 0 fully saturated rings. The number of aryl methyl sites for hydroxylation is 1. The molecule has 22 heavy (non-hydrogen) atoms. The van der Waals surface area contributed by atoms with Gasteiger partial charge in [0, 0.05) is 29.6 Å². The van der Waals surface area contributed by atoms with Crippen molar-refractivity contribution in [3.8, 4) is 5.75 Å². The predicted octanol–water partition coefficient (Wildman–Crippen LogP) is 2.39. The molecule has 0 unspecified atom stereocenters. The van der Waals surface area contributed by atoms with E-state index in [4.69, 9.17) is 0 Å². The third-order valence-corrected chi connectivity index (χ3v) is 3.00. The second-order valence-electron chi connectivity index (χ2n) is 4.44. The van der Waals surface area contributed by atoms with Crippen molar-refractivity contribution in [2.24, 2.45) is 4.99 Å². The summed E-state index contributed by atoms with van der Waals surface area (Å²) in [7, 11) is 0. The summed E-state index contributed by atoms with van der Waals surface area (Å²) in [5.74, 6) is -1.10. The van der Waals surface area contributed by atoms with Gasteiger partial charge in [-0.15, -0.1) is 0 Å². The van der Waals surface area contributed by atoms with Crippen LogP contribution < -0.4 is 0 Å². The number of aliphatic hydroxyl groups is 1. The van der Waals surface area contributed by atoms with Gasteiger partial charge in [0.05, 0.1) is 22.9 Å². The quantitative estimate of drug-likeness (QED) is 0.512. The van der Waals surface area contributed by atoms with Crippen LogP contribution in [0.25, 0.3) is 0 Å². The Morgan fingerprint density at radius 2 is 2.23 bits per heavy atom. The Kier molecular flexibility index (Phi) is 4.42. The first kappa shape index (κ1) is 15.5. The number of nitro benzene ring substituents is 1. The van der Waals surface area contributed by atoms with Crippen molar-refractivity contribution in [3.63, 3.8) is 0 Å². The number of rotatable bonds is 4. The molecule has 2 rings (SSSR count). The number of hydrogen-bond donors (Lipinski definition) is 2. The number of aromatic hydroxyl groups is 1. The average Bonchev–Trinajstić information content (AvgIpc) is 2.49. The molecule has 7 nitrogen and oxygen atoms in total. The fourth-order valence-corrected chi connectivity index (χ4v) is 1.78. The molecule has 0 bridgehead atoms. The van der Waals surface area contributed by atoms with Crippen LogP contribution >= 0.6 is 0 Å². The average molecular weight is 305 g/mol. The number of halogens is 1. The molecule has 0 aliphatic rings. The van der Waals surface area contributed by atoms with E-state index in [0.29, 0.717) is 11.3 Å². The lowest BCUT2D eigenvalue weighted by Gasteiger charge is -2.06. The van der Waals surface area contributed by atoms with Crippen molar-refractivity contribution < 1.29 is 19.5 Å². The van der Waals surface area contributed by atoms with Gasteiger partial charge in [-0.05, 0) is 19.1 Å². The van der Waals surface area contributed by atoms with Gasteiger partial charge in [0.1, 0.15) is 5.75 Å². The minimum absolute atomic E-state index is 0.144. The van der Waals surface area contributed by atoms with Crippen LogP contribution in [0.2, 0.25) is 0 Å². The Labute approximate surface area is 124 Å². The highest BCUT2D eigenvalue weighted by atomic mass is 19.1. The van der Waals surface area contributed by atoms with Gasteiger partial charge in [0.2, 0.25) is 5.82 Å². The van der Waals surface area contributed by atoms with E-state index >= 15 is 0 Å². The third-order valence-electron chi connectivity index (χ3n) is 3.00. The maximum Gasteiger partial charge on any atom is 0.306 e. The molecule has 2 aromatic rings. The van der Waals surface area contributed by atoms with Crippen LogP contribution in [-0.4, -0.2) is 26.3 Å². The maximum atomic E-state index is 13.2. The molecular formula is C14H12FN3O4. The second-order valence-corrected chi connectivity index (χ2v) is 4.44. The van der Waals surface area contributed by atoms with Gasteiger partial charge < -0.3 is 10.2 Å². The van der Waals surface area contributed by atoms with Crippen molar-refractivity contribution in [3.05, 3.63) is 57.1 Å². The summed E-state index contributed by atoms with van der Waals surface area (Å²) < 4.78 is 13.2. The van der Waals surface area contributed by atoms with Gasteiger partial charge >= 0.3 is 5.69 Å². The smallest absolute Gasteiger partial charge is 0.306 e. The summed E-state index contributed by atoms with van der Waals surface area (Å²) in [4.78, 5) is 17.7. The Balaban J connectivity index is 2.43. The lowest BCUT2D eigenvalue weighted by atomic mass is 10.1. The Hall–Kier alpha value is -2.87. The first-order chi connectivity index (χ1) is 10.4. The number of benzene rings is 1. The van der Waals surface area contributed by atoms with E-state index in [9.17, 15) is 24.7 Å². The number of nitrogens with zero attached hydrogens (tertiary/aromatic N) is 3. The molecule has 8 heteroatoms. The number of aliphatic imine (C=N–C) groups is 1. The van der Waals surface area contributed by atoms with Crippen LogP contribution in [0, 0.1) is 22.9 Å². The molecule has 0 amide bonds. The molecule has 0 radical (unpaired) electrons.